The van der Waals surface area contributed by atoms with Crippen LogP contribution in [0.1, 0.15) is 18.1 Å². The Hall–Kier alpha value is -1.86. The molecule has 2 rings (SSSR count). The van der Waals surface area contributed by atoms with Crippen molar-refractivity contribution in [1.29, 1.82) is 0 Å². The van der Waals surface area contributed by atoms with Gasteiger partial charge in [0.1, 0.15) is 0 Å². The van der Waals surface area contributed by atoms with Gasteiger partial charge >= 0.3 is 0 Å². The average molecular weight is 294 g/mol. The highest BCUT2D eigenvalue weighted by molar-refractivity contribution is 7.89. The number of hydrogen-bond acceptors (Lipinski definition) is 4. The number of hydrogen-bond donors (Lipinski definition) is 2. The van der Waals surface area contributed by atoms with Gasteiger partial charge in [-0.15, -0.1) is 0 Å². The Labute approximate surface area is 118 Å². The molecule has 0 fully saturated rings. The third-order valence-corrected chi connectivity index (χ3v) is 4.43. The fourth-order valence-corrected chi connectivity index (χ4v) is 2.94. The molecule has 20 heavy (non-hydrogen) atoms. The van der Waals surface area contributed by atoms with Crippen LogP contribution in [0.25, 0.3) is 0 Å². The lowest BCUT2D eigenvalue weighted by Gasteiger charge is -2.08. The van der Waals surface area contributed by atoms with E-state index in [1.807, 2.05) is 6.92 Å². The number of rotatable bonds is 5. The van der Waals surface area contributed by atoms with Crippen LogP contribution in [-0.4, -0.2) is 18.2 Å². The molecule has 0 aliphatic carbocycles. The van der Waals surface area contributed by atoms with Crippen LogP contribution in [-0.2, 0) is 30.0 Å². The van der Waals surface area contributed by atoms with Crippen molar-refractivity contribution >= 4 is 15.7 Å². The number of nitrogens with zero attached hydrogens (tertiary/aromatic N) is 2. The van der Waals surface area contributed by atoms with Gasteiger partial charge in [0.2, 0.25) is 10.0 Å². The Morgan fingerprint density at radius 2 is 2.15 bits per heavy atom. The molecule has 0 bridgehead atoms. The minimum Gasteiger partial charge on any atom is -0.398 e. The molecule has 0 amide bonds. The van der Waals surface area contributed by atoms with Gasteiger partial charge in [-0.1, -0.05) is 13.0 Å². The lowest BCUT2D eigenvalue weighted by Crippen LogP contribution is -2.23. The summed E-state index contributed by atoms with van der Waals surface area (Å²) in [6.07, 6.45) is 4.16. The summed E-state index contributed by atoms with van der Waals surface area (Å²) < 4.78 is 28.5. The molecule has 0 aliphatic heterocycles. The predicted octanol–water partition coefficient (Wildman–Crippen LogP) is 1.04. The van der Waals surface area contributed by atoms with Gasteiger partial charge in [-0.2, -0.15) is 5.10 Å². The smallest absolute Gasteiger partial charge is 0.240 e. The van der Waals surface area contributed by atoms with Crippen molar-refractivity contribution in [2.24, 2.45) is 7.05 Å². The molecule has 1 aromatic heterocycles. The SMILES string of the molecule is CCc1ccc(S(=O)(=O)NCc2cnn(C)c2)cc1N. The third kappa shape index (κ3) is 3.17. The highest BCUT2D eigenvalue weighted by Gasteiger charge is 2.15. The summed E-state index contributed by atoms with van der Waals surface area (Å²) >= 11 is 0. The van der Waals surface area contributed by atoms with Gasteiger partial charge in [0.25, 0.3) is 0 Å². The number of aromatic nitrogens is 2. The maximum atomic E-state index is 12.2. The van der Waals surface area contributed by atoms with Crippen molar-refractivity contribution in [3.63, 3.8) is 0 Å². The Kier molecular flexibility index (Phi) is 4.10. The van der Waals surface area contributed by atoms with Crippen molar-refractivity contribution in [3.8, 4) is 0 Å². The van der Waals surface area contributed by atoms with Gasteiger partial charge < -0.3 is 5.73 Å². The van der Waals surface area contributed by atoms with Gasteiger partial charge in [0.05, 0.1) is 11.1 Å². The fourth-order valence-electron chi connectivity index (χ4n) is 1.89. The minimum absolute atomic E-state index is 0.177. The Morgan fingerprint density at radius 1 is 1.40 bits per heavy atom. The molecule has 0 radical (unpaired) electrons. The molecule has 1 aromatic carbocycles. The van der Waals surface area contributed by atoms with E-state index in [-0.39, 0.29) is 11.4 Å². The molecule has 1 heterocycles. The van der Waals surface area contributed by atoms with Crippen LogP contribution in [0.2, 0.25) is 0 Å². The normalized spacial score (nSPS) is 11.7. The second-order valence-corrected chi connectivity index (χ2v) is 6.33. The zero-order valence-corrected chi connectivity index (χ0v) is 12.3. The molecule has 6 nitrogen and oxygen atoms in total. The Balaban J connectivity index is 2.15. The molecule has 0 aliphatic rings. The fraction of sp³-hybridized carbons (Fsp3) is 0.308. The lowest BCUT2D eigenvalue weighted by molar-refractivity contribution is 0.581. The van der Waals surface area contributed by atoms with E-state index in [4.69, 9.17) is 5.73 Å². The first-order valence-corrected chi connectivity index (χ1v) is 7.76. The number of anilines is 1. The van der Waals surface area contributed by atoms with Crippen molar-refractivity contribution in [3.05, 3.63) is 41.7 Å². The highest BCUT2D eigenvalue weighted by Crippen LogP contribution is 2.18. The quantitative estimate of drug-likeness (QED) is 0.806. The molecule has 0 spiro atoms. The van der Waals surface area contributed by atoms with Crippen molar-refractivity contribution in [2.75, 3.05) is 5.73 Å². The molecular weight excluding hydrogens is 276 g/mol. The molecule has 0 atom stereocenters. The number of nitrogens with two attached hydrogens (primary N) is 1. The van der Waals surface area contributed by atoms with Crippen molar-refractivity contribution in [1.82, 2.24) is 14.5 Å². The first-order valence-electron chi connectivity index (χ1n) is 6.28. The van der Waals surface area contributed by atoms with E-state index in [9.17, 15) is 8.42 Å². The zero-order chi connectivity index (χ0) is 14.8. The second-order valence-electron chi connectivity index (χ2n) is 4.56. The molecule has 7 heteroatoms. The van der Waals surface area contributed by atoms with E-state index in [0.717, 1.165) is 17.5 Å². The predicted molar refractivity (Wildman–Crippen MR) is 77.5 cm³/mol. The van der Waals surface area contributed by atoms with E-state index < -0.39 is 10.0 Å². The van der Waals surface area contributed by atoms with Crippen LogP contribution in [0, 0.1) is 0 Å². The number of nitrogen functional groups attached to an aromatic ring is 1. The topological polar surface area (TPSA) is 90.0 Å². The number of nitrogens with one attached hydrogen (secondary N) is 1. The van der Waals surface area contributed by atoms with Crippen LogP contribution in [0.4, 0.5) is 5.69 Å². The maximum Gasteiger partial charge on any atom is 0.240 e. The van der Waals surface area contributed by atoms with Crippen LogP contribution < -0.4 is 10.5 Å². The average Bonchev–Trinajstić information content (AvgIpc) is 2.82. The maximum absolute atomic E-state index is 12.2. The van der Waals surface area contributed by atoms with Gasteiger partial charge in [0.15, 0.2) is 0 Å². The van der Waals surface area contributed by atoms with E-state index in [1.165, 1.54) is 6.07 Å². The molecule has 2 aromatic rings. The Morgan fingerprint density at radius 3 is 2.70 bits per heavy atom. The van der Waals surface area contributed by atoms with Gasteiger partial charge in [-0.25, -0.2) is 13.1 Å². The zero-order valence-electron chi connectivity index (χ0n) is 11.5. The summed E-state index contributed by atoms with van der Waals surface area (Å²) in [6, 6.07) is 4.80. The van der Waals surface area contributed by atoms with Gasteiger partial charge in [-0.3, -0.25) is 4.68 Å². The van der Waals surface area contributed by atoms with Gasteiger partial charge in [-0.05, 0) is 24.1 Å². The van der Waals surface area contributed by atoms with E-state index in [2.05, 4.69) is 9.82 Å². The van der Waals surface area contributed by atoms with Crippen LogP contribution in [0.3, 0.4) is 0 Å². The highest BCUT2D eigenvalue weighted by atomic mass is 32.2. The first kappa shape index (κ1) is 14.5. The molecular formula is C13H18N4O2S. The van der Waals surface area contributed by atoms with E-state index >= 15 is 0 Å². The minimum atomic E-state index is -3.56. The van der Waals surface area contributed by atoms with E-state index in [0.29, 0.717) is 5.69 Å². The summed E-state index contributed by atoms with van der Waals surface area (Å²) in [4.78, 5) is 0.177. The number of sulfonamides is 1. The third-order valence-electron chi connectivity index (χ3n) is 3.03. The van der Waals surface area contributed by atoms with Crippen molar-refractivity contribution < 1.29 is 8.42 Å². The summed E-state index contributed by atoms with van der Waals surface area (Å²) in [5, 5.41) is 3.99. The molecule has 0 saturated heterocycles. The standard InChI is InChI=1S/C13H18N4O2S/c1-3-11-4-5-12(6-13(11)14)20(18,19)16-8-10-7-15-17(2)9-10/h4-7,9,16H,3,8,14H2,1-2H3. The number of benzene rings is 1. The van der Waals surface area contributed by atoms with Crippen molar-refractivity contribution in [2.45, 2.75) is 24.8 Å². The summed E-state index contributed by atoms with van der Waals surface area (Å²) in [5.41, 5.74) is 8.07. The van der Waals surface area contributed by atoms with Crippen LogP contribution in [0.5, 0.6) is 0 Å². The van der Waals surface area contributed by atoms with E-state index in [1.54, 1.807) is 36.3 Å². The Bertz CT molecular complexity index is 707. The lowest BCUT2D eigenvalue weighted by atomic mass is 10.1. The van der Waals surface area contributed by atoms with Crippen LogP contribution in [0.15, 0.2) is 35.5 Å². The first-order chi connectivity index (χ1) is 9.42. The molecule has 0 saturated carbocycles. The number of aryl methyl sites for hydroxylation is 2. The summed E-state index contributed by atoms with van der Waals surface area (Å²) in [7, 11) is -1.78. The van der Waals surface area contributed by atoms with Crippen LogP contribution >= 0.6 is 0 Å². The summed E-state index contributed by atoms with van der Waals surface area (Å²) in [5.74, 6) is 0. The largest absolute Gasteiger partial charge is 0.398 e. The van der Waals surface area contributed by atoms with Gasteiger partial charge in [0, 0.05) is 31.0 Å². The second kappa shape index (κ2) is 5.64. The molecule has 0 unspecified atom stereocenters. The monoisotopic (exact) mass is 294 g/mol. The molecule has 3 N–H and O–H groups in total. The molecule has 108 valence electrons. The summed E-state index contributed by atoms with van der Waals surface area (Å²) in [6.45, 7) is 2.17.